The first-order valence-corrected chi connectivity index (χ1v) is 7.40. The minimum absolute atomic E-state index is 0.0497. The van der Waals surface area contributed by atoms with Crippen molar-refractivity contribution in [2.24, 2.45) is 5.92 Å². The summed E-state index contributed by atoms with van der Waals surface area (Å²) < 4.78 is 0. The maximum atomic E-state index is 12.4. The van der Waals surface area contributed by atoms with Crippen LogP contribution in [0.15, 0.2) is 24.3 Å². The Hall–Kier alpha value is -1.39. The van der Waals surface area contributed by atoms with Crippen LogP contribution in [0.1, 0.15) is 30.0 Å². The van der Waals surface area contributed by atoms with Gasteiger partial charge in [-0.25, -0.2) is 0 Å². The zero-order valence-corrected chi connectivity index (χ0v) is 11.9. The van der Waals surface area contributed by atoms with Crippen LogP contribution in [-0.4, -0.2) is 42.2 Å². The number of amides is 1. The molecule has 1 aromatic rings. The zero-order chi connectivity index (χ0) is 14.1. The van der Waals surface area contributed by atoms with Crippen LogP contribution < -0.4 is 5.32 Å². The van der Waals surface area contributed by atoms with Crippen molar-refractivity contribution in [1.29, 1.82) is 0 Å². The molecule has 3 atom stereocenters. The van der Waals surface area contributed by atoms with Crippen molar-refractivity contribution < 1.29 is 9.90 Å². The van der Waals surface area contributed by atoms with Gasteiger partial charge >= 0.3 is 0 Å². The zero-order valence-electron chi connectivity index (χ0n) is 11.9. The van der Waals surface area contributed by atoms with Gasteiger partial charge in [-0.1, -0.05) is 24.3 Å². The number of nitrogens with one attached hydrogen (secondary N) is 1. The van der Waals surface area contributed by atoms with Gasteiger partial charge < -0.3 is 15.3 Å². The number of aliphatic hydroxyl groups is 1. The second kappa shape index (κ2) is 5.54. The minimum atomic E-state index is -0.502. The average molecular weight is 274 g/mol. The van der Waals surface area contributed by atoms with E-state index in [2.05, 4.69) is 17.3 Å². The molecule has 3 rings (SSSR count). The van der Waals surface area contributed by atoms with Crippen LogP contribution in [-0.2, 0) is 11.2 Å². The smallest absolute Gasteiger partial charge is 0.224 e. The van der Waals surface area contributed by atoms with Crippen LogP contribution in [0.2, 0.25) is 0 Å². The molecule has 0 saturated carbocycles. The predicted molar refractivity (Wildman–Crippen MR) is 77.3 cm³/mol. The number of aliphatic hydroxyl groups excluding tert-OH is 1. The molecular formula is C16H22N2O2. The molecule has 0 bridgehead atoms. The lowest BCUT2D eigenvalue weighted by atomic mass is 9.96. The molecule has 0 radical (unpaired) electrons. The fourth-order valence-corrected chi connectivity index (χ4v) is 3.40. The summed E-state index contributed by atoms with van der Waals surface area (Å²) in [5.74, 6) is 0.131. The van der Waals surface area contributed by atoms with Gasteiger partial charge in [-0.3, -0.25) is 4.79 Å². The summed E-state index contributed by atoms with van der Waals surface area (Å²) in [6.45, 7) is 1.88. The van der Waals surface area contributed by atoms with Crippen LogP contribution in [0.25, 0.3) is 0 Å². The summed E-state index contributed by atoms with van der Waals surface area (Å²) in [7, 11) is 2.05. The Labute approximate surface area is 119 Å². The van der Waals surface area contributed by atoms with Crippen LogP contribution in [0.4, 0.5) is 0 Å². The molecule has 1 saturated heterocycles. The maximum Gasteiger partial charge on any atom is 0.224 e. The lowest BCUT2D eigenvalue weighted by Crippen LogP contribution is -2.44. The molecule has 2 aliphatic rings. The first-order valence-electron chi connectivity index (χ1n) is 7.40. The fraction of sp³-hybridized carbons (Fsp3) is 0.562. The Balaban J connectivity index is 1.70. The number of likely N-dealkylation sites (tertiary alicyclic amines) is 1. The fourth-order valence-electron chi connectivity index (χ4n) is 3.40. The molecular weight excluding hydrogens is 252 g/mol. The van der Waals surface area contributed by atoms with E-state index in [0.717, 1.165) is 37.1 Å². The standard InChI is InChI=1S/C16H22N2O2/c1-18-8-4-6-12(10-18)16(20)17-15-13-7-3-2-5-11(13)9-14(15)19/h2-3,5,7,12,14-15,19H,4,6,8-10H2,1H3,(H,17,20). The van der Waals surface area contributed by atoms with Crippen LogP contribution in [0.5, 0.6) is 0 Å². The van der Waals surface area contributed by atoms with E-state index in [1.165, 1.54) is 0 Å². The second-order valence-electron chi connectivity index (χ2n) is 6.06. The number of hydrogen-bond acceptors (Lipinski definition) is 3. The molecule has 1 fully saturated rings. The summed E-state index contributed by atoms with van der Waals surface area (Å²) >= 11 is 0. The molecule has 1 aliphatic heterocycles. The Morgan fingerprint density at radius 2 is 2.20 bits per heavy atom. The van der Waals surface area contributed by atoms with Gasteiger partial charge in [0.05, 0.1) is 18.1 Å². The highest BCUT2D eigenvalue weighted by atomic mass is 16.3. The van der Waals surface area contributed by atoms with Gasteiger partial charge in [0.1, 0.15) is 0 Å². The van der Waals surface area contributed by atoms with E-state index < -0.39 is 6.10 Å². The number of nitrogens with zero attached hydrogens (tertiary/aromatic N) is 1. The van der Waals surface area contributed by atoms with Crippen molar-refractivity contribution in [3.63, 3.8) is 0 Å². The van der Waals surface area contributed by atoms with E-state index in [1.807, 2.05) is 24.3 Å². The molecule has 20 heavy (non-hydrogen) atoms. The number of benzene rings is 1. The van der Waals surface area contributed by atoms with Gasteiger partial charge in [0.15, 0.2) is 0 Å². The molecule has 4 heteroatoms. The van der Waals surface area contributed by atoms with E-state index in [1.54, 1.807) is 0 Å². The van der Waals surface area contributed by atoms with Crippen molar-refractivity contribution in [3.8, 4) is 0 Å². The minimum Gasteiger partial charge on any atom is -0.390 e. The number of rotatable bonds is 2. The lowest BCUT2D eigenvalue weighted by Gasteiger charge is -2.30. The van der Waals surface area contributed by atoms with Gasteiger partial charge in [0.2, 0.25) is 5.91 Å². The van der Waals surface area contributed by atoms with Crippen LogP contribution in [0, 0.1) is 5.92 Å². The normalized spacial score (nSPS) is 30.0. The van der Waals surface area contributed by atoms with Crippen LogP contribution in [0.3, 0.4) is 0 Å². The van der Waals surface area contributed by atoms with E-state index >= 15 is 0 Å². The lowest BCUT2D eigenvalue weighted by molar-refractivity contribution is -0.128. The van der Waals surface area contributed by atoms with Gasteiger partial charge in [0, 0.05) is 13.0 Å². The number of carbonyl (C=O) groups is 1. The van der Waals surface area contributed by atoms with E-state index in [0.29, 0.717) is 6.42 Å². The molecule has 3 unspecified atom stereocenters. The topological polar surface area (TPSA) is 52.6 Å². The first kappa shape index (κ1) is 13.6. The Morgan fingerprint density at radius 1 is 1.40 bits per heavy atom. The molecule has 0 aromatic heterocycles. The highest BCUT2D eigenvalue weighted by Gasteiger charge is 2.34. The number of piperidine rings is 1. The molecule has 1 heterocycles. The Kier molecular flexibility index (Phi) is 3.76. The number of fused-ring (bicyclic) bond motifs is 1. The maximum absolute atomic E-state index is 12.4. The Bertz CT molecular complexity index is 503. The largest absolute Gasteiger partial charge is 0.390 e. The van der Waals surface area contributed by atoms with Crippen molar-refractivity contribution in [2.45, 2.75) is 31.4 Å². The quantitative estimate of drug-likeness (QED) is 0.849. The summed E-state index contributed by atoms with van der Waals surface area (Å²) in [6, 6.07) is 7.73. The van der Waals surface area contributed by atoms with Crippen molar-refractivity contribution in [2.75, 3.05) is 20.1 Å². The predicted octanol–water partition coefficient (Wildman–Crippen LogP) is 1.10. The molecule has 1 aliphatic carbocycles. The van der Waals surface area contributed by atoms with Crippen molar-refractivity contribution in [3.05, 3.63) is 35.4 Å². The molecule has 1 amide bonds. The van der Waals surface area contributed by atoms with Crippen LogP contribution >= 0.6 is 0 Å². The van der Waals surface area contributed by atoms with Gasteiger partial charge in [-0.05, 0) is 37.6 Å². The Morgan fingerprint density at radius 3 is 3.00 bits per heavy atom. The van der Waals surface area contributed by atoms with Crippen molar-refractivity contribution >= 4 is 5.91 Å². The van der Waals surface area contributed by atoms with E-state index in [-0.39, 0.29) is 17.9 Å². The average Bonchev–Trinajstić information content (AvgIpc) is 2.75. The number of carbonyl (C=O) groups excluding carboxylic acids is 1. The van der Waals surface area contributed by atoms with Gasteiger partial charge in [-0.15, -0.1) is 0 Å². The molecule has 108 valence electrons. The summed E-state index contributed by atoms with van der Waals surface area (Å²) in [4.78, 5) is 14.6. The molecule has 4 nitrogen and oxygen atoms in total. The van der Waals surface area contributed by atoms with Gasteiger partial charge in [0.25, 0.3) is 0 Å². The first-order chi connectivity index (χ1) is 9.65. The van der Waals surface area contributed by atoms with Gasteiger partial charge in [-0.2, -0.15) is 0 Å². The summed E-state index contributed by atoms with van der Waals surface area (Å²) in [5.41, 5.74) is 2.21. The van der Waals surface area contributed by atoms with E-state index in [9.17, 15) is 9.90 Å². The monoisotopic (exact) mass is 274 g/mol. The molecule has 2 N–H and O–H groups in total. The third kappa shape index (κ3) is 2.58. The summed E-state index contributed by atoms with van der Waals surface area (Å²) in [6.07, 6.45) is 2.14. The van der Waals surface area contributed by atoms with Crippen molar-refractivity contribution in [1.82, 2.24) is 10.2 Å². The highest BCUT2D eigenvalue weighted by molar-refractivity contribution is 5.79. The third-order valence-corrected chi connectivity index (χ3v) is 4.50. The number of hydrogen-bond donors (Lipinski definition) is 2. The SMILES string of the molecule is CN1CCCC(C(=O)NC2c3ccccc3CC2O)C1. The highest BCUT2D eigenvalue weighted by Crippen LogP contribution is 2.31. The van der Waals surface area contributed by atoms with E-state index in [4.69, 9.17) is 0 Å². The molecule has 1 aromatic carbocycles. The second-order valence-corrected chi connectivity index (χ2v) is 6.06. The molecule has 0 spiro atoms. The third-order valence-electron chi connectivity index (χ3n) is 4.50. The summed E-state index contributed by atoms with van der Waals surface area (Å²) in [5, 5.41) is 13.2.